The summed E-state index contributed by atoms with van der Waals surface area (Å²) in [6.07, 6.45) is 4.53. The lowest BCUT2D eigenvalue weighted by molar-refractivity contribution is 0.122. The number of hydrogen-bond donors (Lipinski definition) is 2. The summed E-state index contributed by atoms with van der Waals surface area (Å²) in [7, 11) is 0. The van der Waals surface area contributed by atoms with Crippen LogP contribution >= 0.6 is 0 Å². The molecule has 0 aromatic carbocycles. The Labute approximate surface area is 91.8 Å². The highest BCUT2D eigenvalue weighted by molar-refractivity contribution is 5.73. The molecule has 1 fully saturated rings. The lowest BCUT2D eigenvalue weighted by Crippen LogP contribution is -2.36. The molecule has 0 saturated heterocycles. The molecule has 4 heteroatoms. The number of carbonyl (C=O) groups is 1. The van der Waals surface area contributed by atoms with E-state index in [0.29, 0.717) is 6.54 Å². The van der Waals surface area contributed by atoms with Gasteiger partial charge in [-0.3, -0.25) is 0 Å². The molecule has 0 bridgehead atoms. The molecule has 88 valence electrons. The monoisotopic (exact) mass is 214 g/mol. The Morgan fingerprint density at radius 1 is 1.33 bits per heavy atom. The van der Waals surface area contributed by atoms with Crippen LogP contribution in [0.15, 0.2) is 0 Å². The lowest BCUT2D eigenvalue weighted by Gasteiger charge is -2.06. The van der Waals surface area contributed by atoms with Crippen molar-refractivity contribution in [3.63, 3.8) is 0 Å². The summed E-state index contributed by atoms with van der Waals surface area (Å²) in [5, 5.41) is 5.55. The molecule has 0 radical (unpaired) electrons. The molecule has 0 atom stereocenters. The first-order valence-electron chi connectivity index (χ1n) is 5.92. The second-order valence-corrected chi connectivity index (χ2v) is 4.05. The van der Waals surface area contributed by atoms with Crippen LogP contribution in [0.2, 0.25) is 0 Å². The molecule has 1 saturated carbocycles. The zero-order valence-corrected chi connectivity index (χ0v) is 9.55. The van der Waals surface area contributed by atoms with Gasteiger partial charge in [-0.25, -0.2) is 4.79 Å². The van der Waals surface area contributed by atoms with E-state index in [-0.39, 0.29) is 6.03 Å². The summed E-state index contributed by atoms with van der Waals surface area (Å²) in [5.41, 5.74) is 0. The van der Waals surface area contributed by atoms with Gasteiger partial charge in [0.25, 0.3) is 0 Å². The fourth-order valence-corrected chi connectivity index (χ4v) is 1.21. The van der Waals surface area contributed by atoms with E-state index in [9.17, 15) is 4.79 Å². The first-order chi connectivity index (χ1) is 7.33. The number of amides is 2. The van der Waals surface area contributed by atoms with Gasteiger partial charge >= 0.3 is 6.03 Å². The van der Waals surface area contributed by atoms with Crippen LogP contribution in [0, 0.1) is 5.92 Å². The van der Waals surface area contributed by atoms with Gasteiger partial charge < -0.3 is 15.4 Å². The molecule has 0 aromatic rings. The molecule has 0 unspecified atom stereocenters. The molecule has 1 aliphatic rings. The molecule has 1 rings (SSSR count). The topological polar surface area (TPSA) is 50.4 Å². The van der Waals surface area contributed by atoms with Crippen LogP contribution < -0.4 is 10.6 Å². The predicted molar refractivity (Wildman–Crippen MR) is 59.9 cm³/mol. The largest absolute Gasteiger partial charge is 0.381 e. The summed E-state index contributed by atoms with van der Waals surface area (Å²) < 4.78 is 5.45. The Balaban J connectivity index is 1.76. The Morgan fingerprint density at radius 2 is 2.07 bits per heavy atom. The maximum Gasteiger partial charge on any atom is 0.314 e. The van der Waals surface area contributed by atoms with Crippen molar-refractivity contribution in [2.75, 3.05) is 26.3 Å². The molecule has 1 aliphatic carbocycles. The number of urea groups is 1. The van der Waals surface area contributed by atoms with Gasteiger partial charge in [-0.05, 0) is 31.6 Å². The highest BCUT2D eigenvalue weighted by Crippen LogP contribution is 2.28. The van der Waals surface area contributed by atoms with Gasteiger partial charge in [-0.15, -0.1) is 0 Å². The normalized spacial score (nSPS) is 15.0. The van der Waals surface area contributed by atoms with E-state index in [2.05, 4.69) is 10.6 Å². The third-order valence-electron chi connectivity index (χ3n) is 2.34. The first-order valence-corrected chi connectivity index (χ1v) is 5.92. The Bertz CT molecular complexity index is 181. The van der Waals surface area contributed by atoms with Crippen molar-refractivity contribution in [2.24, 2.45) is 5.92 Å². The standard InChI is InChI=1S/C11H22N2O2/c1-2-6-12-11(14)13-7-3-8-15-9-10-4-5-10/h10H,2-9H2,1H3,(H2,12,13,14). The summed E-state index contributed by atoms with van der Waals surface area (Å²) >= 11 is 0. The Hall–Kier alpha value is -0.770. The molecular weight excluding hydrogens is 192 g/mol. The van der Waals surface area contributed by atoms with Crippen LogP contribution in [0.1, 0.15) is 32.6 Å². The molecule has 0 heterocycles. The van der Waals surface area contributed by atoms with Crippen LogP contribution in [0.4, 0.5) is 4.79 Å². The minimum Gasteiger partial charge on any atom is -0.381 e. The summed E-state index contributed by atoms with van der Waals surface area (Å²) in [6.45, 7) is 5.13. The van der Waals surface area contributed by atoms with E-state index in [1.54, 1.807) is 0 Å². The average Bonchev–Trinajstić information content (AvgIpc) is 3.04. The maximum absolute atomic E-state index is 11.1. The molecule has 2 N–H and O–H groups in total. The highest BCUT2D eigenvalue weighted by atomic mass is 16.5. The summed E-state index contributed by atoms with van der Waals surface area (Å²) in [4.78, 5) is 11.1. The molecule has 2 amide bonds. The minimum absolute atomic E-state index is 0.0703. The predicted octanol–water partition coefficient (Wildman–Crippen LogP) is 1.51. The van der Waals surface area contributed by atoms with Gasteiger partial charge in [0.2, 0.25) is 0 Å². The van der Waals surface area contributed by atoms with Gasteiger partial charge in [0.15, 0.2) is 0 Å². The van der Waals surface area contributed by atoms with E-state index in [1.807, 2.05) is 6.92 Å². The fraction of sp³-hybridized carbons (Fsp3) is 0.909. The molecule has 0 aliphatic heterocycles. The van der Waals surface area contributed by atoms with Crippen molar-refractivity contribution in [2.45, 2.75) is 32.6 Å². The smallest absolute Gasteiger partial charge is 0.314 e. The second kappa shape index (κ2) is 7.51. The quantitative estimate of drug-likeness (QED) is 0.602. The van der Waals surface area contributed by atoms with Crippen molar-refractivity contribution in [3.8, 4) is 0 Å². The number of hydrogen-bond acceptors (Lipinski definition) is 2. The van der Waals surface area contributed by atoms with Crippen molar-refractivity contribution in [1.82, 2.24) is 10.6 Å². The zero-order chi connectivity index (χ0) is 10.9. The van der Waals surface area contributed by atoms with Crippen LogP contribution in [-0.2, 0) is 4.74 Å². The third-order valence-corrected chi connectivity index (χ3v) is 2.34. The van der Waals surface area contributed by atoms with Gasteiger partial charge in [0.05, 0.1) is 0 Å². The Morgan fingerprint density at radius 3 is 2.73 bits per heavy atom. The summed E-state index contributed by atoms with van der Waals surface area (Å²) in [6, 6.07) is -0.0703. The SMILES string of the molecule is CCCNC(=O)NCCCOCC1CC1. The van der Waals surface area contributed by atoms with E-state index >= 15 is 0 Å². The Kier molecular flexibility index (Phi) is 6.16. The van der Waals surface area contributed by atoms with E-state index < -0.39 is 0 Å². The van der Waals surface area contributed by atoms with Crippen molar-refractivity contribution in [1.29, 1.82) is 0 Å². The molecule has 0 spiro atoms. The maximum atomic E-state index is 11.1. The minimum atomic E-state index is -0.0703. The van der Waals surface area contributed by atoms with Gasteiger partial charge in [-0.1, -0.05) is 6.92 Å². The number of nitrogens with one attached hydrogen (secondary N) is 2. The van der Waals surface area contributed by atoms with Crippen molar-refractivity contribution in [3.05, 3.63) is 0 Å². The average molecular weight is 214 g/mol. The lowest BCUT2D eigenvalue weighted by atomic mass is 10.4. The second-order valence-electron chi connectivity index (χ2n) is 4.05. The molecular formula is C11H22N2O2. The zero-order valence-electron chi connectivity index (χ0n) is 9.55. The third kappa shape index (κ3) is 7.19. The van der Waals surface area contributed by atoms with E-state index in [4.69, 9.17) is 4.74 Å². The van der Waals surface area contributed by atoms with Gasteiger partial charge in [0, 0.05) is 26.3 Å². The molecule has 4 nitrogen and oxygen atoms in total. The fourth-order valence-electron chi connectivity index (χ4n) is 1.21. The van der Waals surface area contributed by atoms with Gasteiger partial charge in [-0.2, -0.15) is 0 Å². The van der Waals surface area contributed by atoms with E-state index in [1.165, 1.54) is 12.8 Å². The van der Waals surface area contributed by atoms with Crippen LogP contribution in [0.3, 0.4) is 0 Å². The summed E-state index contributed by atoms with van der Waals surface area (Å²) in [5.74, 6) is 0.825. The van der Waals surface area contributed by atoms with Crippen molar-refractivity contribution >= 4 is 6.03 Å². The molecule has 15 heavy (non-hydrogen) atoms. The number of ether oxygens (including phenoxy) is 1. The molecule has 0 aromatic heterocycles. The van der Waals surface area contributed by atoms with Crippen LogP contribution in [-0.4, -0.2) is 32.3 Å². The number of rotatable bonds is 8. The van der Waals surface area contributed by atoms with Crippen molar-refractivity contribution < 1.29 is 9.53 Å². The first kappa shape index (κ1) is 12.3. The van der Waals surface area contributed by atoms with E-state index in [0.717, 1.165) is 38.5 Å². The van der Waals surface area contributed by atoms with Crippen LogP contribution in [0.5, 0.6) is 0 Å². The number of carbonyl (C=O) groups excluding carboxylic acids is 1. The highest BCUT2D eigenvalue weighted by Gasteiger charge is 2.20. The van der Waals surface area contributed by atoms with Crippen LogP contribution in [0.25, 0.3) is 0 Å². The van der Waals surface area contributed by atoms with Gasteiger partial charge in [0.1, 0.15) is 0 Å².